The molecule has 0 fully saturated rings. The van der Waals surface area contributed by atoms with Crippen molar-refractivity contribution in [3.05, 3.63) is 23.8 Å². The summed E-state index contributed by atoms with van der Waals surface area (Å²) < 4.78 is 23.5. The Kier molecular flexibility index (Phi) is 3.37. The molecule has 0 aromatic heterocycles. The fraction of sp³-hybridized carbons (Fsp3) is 0.364. The van der Waals surface area contributed by atoms with E-state index in [1.807, 2.05) is 0 Å². The van der Waals surface area contributed by atoms with Crippen molar-refractivity contribution in [2.24, 2.45) is 0 Å². The molecule has 88 valence electrons. The first-order chi connectivity index (χ1) is 7.43. The van der Waals surface area contributed by atoms with Crippen LogP contribution in [0.4, 0.5) is 4.39 Å². The first kappa shape index (κ1) is 12.3. The molecule has 0 radical (unpaired) electrons. The zero-order valence-corrected chi connectivity index (χ0v) is 9.28. The van der Waals surface area contributed by atoms with Crippen molar-refractivity contribution in [1.82, 2.24) is 0 Å². The fourth-order valence-electron chi connectivity index (χ4n) is 1.36. The SMILES string of the molecule is COC(=O)C(C)(F)c1cc(O)ccc1OC. The van der Waals surface area contributed by atoms with E-state index in [1.165, 1.54) is 19.2 Å². The maximum Gasteiger partial charge on any atom is 0.348 e. The minimum Gasteiger partial charge on any atom is -0.508 e. The molecule has 0 bridgehead atoms. The highest BCUT2D eigenvalue weighted by molar-refractivity contribution is 5.81. The number of methoxy groups -OCH3 is 2. The molecule has 0 saturated heterocycles. The normalized spacial score (nSPS) is 14.0. The van der Waals surface area contributed by atoms with Gasteiger partial charge in [0.1, 0.15) is 11.5 Å². The molecular formula is C11H13FO4. The number of hydrogen-bond donors (Lipinski definition) is 1. The molecule has 0 aliphatic carbocycles. The zero-order chi connectivity index (χ0) is 12.3. The van der Waals surface area contributed by atoms with Gasteiger partial charge in [-0.15, -0.1) is 0 Å². The molecule has 16 heavy (non-hydrogen) atoms. The summed E-state index contributed by atoms with van der Waals surface area (Å²) in [6.07, 6.45) is 0. The van der Waals surface area contributed by atoms with Crippen LogP contribution in [-0.4, -0.2) is 25.3 Å². The van der Waals surface area contributed by atoms with Crippen molar-refractivity contribution >= 4 is 5.97 Å². The summed E-state index contributed by atoms with van der Waals surface area (Å²) in [5.41, 5.74) is -2.43. The van der Waals surface area contributed by atoms with Gasteiger partial charge in [-0.05, 0) is 25.1 Å². The number of carbonyl (C=O) groups is 1. The van der Waals surface area contributed by atoms with E-state index in [9.17, 15) is 14.3 Å². The van der Waals surface area contributed by atoms with E-state index in [1.54, 1.807) is 0 Å². The molecular weight excluding hydrogens is 215 g/mol. The number of aromatic hydroxyl groups is 1. The second-order valence-electron chi connectivity index (χ2n) is 3.38. The highest BCUT2D eigenvalue weighted by atomic mass is 19.1. The van der Waals surface area contributed by atoms with Gasteiger partial charge in [-0.1, -0.05) is 0 Å². The van der Waals surface area contributed by atoms with Crippen LogP contribution in [0.15, 0.2) is 18.2 Å². The van der Waals surface area contributed by atoms with Crippen LogP contribution in [0.5, 0.6) is 11.5 Å². The van der Waals surface area contributed by atoms with E-state index >= 15 is 0 Å². The molecule has 5 heteroatoms. The predicted octanol–water partition coefficient (Wildman–Crippen LogP) is 1.76. The fourth-order valence-corrected chi connectivity index (χ4v) is 1.36. The first-order valence-electron chi connectivity index (χ1n) is 4.58. The van der Waals surface area contributed by atoms with Gasteiger partial charge >= 0.3 is 5.97 Å². The van der Waals surface area contributed by atoms with E-state index in [-0.39, 0.29) is 17.1 Å². The lowest BCUT2D eigenvalue weighted by Crippen LogP contribution is -2.29. The van der Waals surface area contributed by atoms with E-state index in [4.69, 9.17) is 4.74 Å². The summed E-state index contributed by atoms with van der Waals surface area (Å²) in [6, 6.07) is 3.86. The summed E-state index contributed by atoms with van der Waals surface area (Å²) in [5, 5.41) is 9.28. The Bertz CT molecular complexity index is 401. The summed E-state index contributed by atoms with van der Waals surface area (Å²) >= 11 is 0. The molecule has 0 aliphatic heterocycles. The number of benzene rings is 1. The number of rotatable bonds is 3. The van der Waals surface area contributed by atoms with E-state index in [2.05, 4.69) is 4.74 Å². The van der Waals surface area contributed by atoms with Crippen LogP contribution < -0.4 is 4.74 Å². The van der Waals surface area contributed by atoms with Gasteiger partial charge in [-0.3, -0.25) is 0 Å². The van der Waals surface area contributed by atoms with Crippen LogP contribution in [0, 0.1) is 0 Å². The Morgan fingerprint density at radius 2 is 2.06 bits per heavy atom. The molecule has 0 heterocycles. The number of alkyl halides is 1. The van der Waals surface area contributed by atoms with E-state index in [0.29, 0.717) is 0 Å². The van der Waals surface area contributed by atoms with Gasteiger partial charge in [0.15, 0.2) is 0 Å². The van der Waals surface area contributed by atoms with Crippen molar-refractivity contribution in [2.45, 2.75) is 12.6 Å². The largest absolute Gasteiger partial charge is 0.508 e. The third-order valence-corrected chi connectivity index (χ3v) is 2.26. The van der Waals surface area contributed by atoms with Gasteiger partial charge in [0.25, 0.3) is 0 Å². The number of hydrogen-bond acceptors (Lipinski definition) is 4. The molecule has 0 amide bonds. The van der Waals surface area contributed by atoms with Gasteiger partial charge in [0.2, 0.25) is 5.67 Å². The number of phenolic OH excluding ortho intramolecular Hbond substituents is 1. The highest BCUT2D eigenvalue weighted by Gasteiger charge is 2.39. The van der Waals surface area contributed by atoms with Crippen LogP contribution in [0.25, 0.3) is 0 Å². The average molecular weight is 228 g/mol. The van der Waals surface area contributed by atoms with Crippen LogP contribution in [0.2, 0.25) is 0 Å². The molecule has 0 spiro atoms. The van der Waals surface area contributed by atoms with Crippen molar-refractivity contribution in [2.75, 3.05) is 14.2 Å². The molecule has 4 nitrogen and oxygen atoms in total. The Balaban J connectivity index is 3.30. The van der Waals surface area contributed by atoms with Gasteiger partial charge in [-0.2, -0.15) is 0 Å². The van der Waals surface area contributed by atoms with Crippen LogP contribution in [0.1, 0.15) is 12.5 Å². The summed E-state index contributed by atoms with van der Waals surface area (Å²) in [5.74, 6) is -1.02. The monoisotopic (exact) mass is 228 g/mol. The number of halogens is 1. The number of esters is 1. The Morgan fingerprint density at radius 1 is 1.44 bits per heavy atom. The van der Waals surface area contributed by atoms with Crippen molar-refractivity contribution in [1.29, 1.82) is 0 Å². The average Bonchev–Trinajstić information content (AvgIpc) is 2.27. The smallest absolute Gasteiger partial charge is 0.348 e. The standard InChI is InChI=1S/C11H13FO4/c1-11(12,10(14)16-3)8-6-7(13)4-5-9(8)15-2/h4-6,13H,1-3H3. The van der Waals surface area contributed by atoms with Crippen molar-refractivity contribution in [3.63, 3.8) is 0 Å². The lowest BCUT2D eigenvalue weighted by Gasteiger charge is -2.20. The second-order valence-corrected chi connectivity index (χ2v) is 3.38. The Hall–Kier alpha value is -1.78. The molecule has 1 N–H and O–H groups in total. The Morgan fingerprint density at radius 3 is 2.56 bits per heavy atom. The van der Waals surface area contributed by atoms with Gasteiger partial charge in [0, 0.05) is 5.56 Å². The van der Waals surface area contributed by atoms with Crippen LogP contribution >= 0.6 is 0 Å². The summed E-state index contributed by atoms with van der Waals surface area (Å²) in [4.78, 5) is 11.3. The second kappa shape index (κ2) is 4.38. The van der Waals surface area contributed by atoms with Gasteiger partial charge in [-0.25, -0.2) is 9.18 Å². The number of phenols is 1. The zero-order valence-electron chi connectivity index (χ0n) is 9.28. The third-order valence-electron chi connectivity index (χ3n) is 2.26. The quantitative estimate of drug-likeness (QED) is 0.801. The van der Waals surface area contributed by atoms with Gasteiger partial charge in [0.05, 0.1) is 14.2 Å². The highest BCUT2D eigenvalue weighted by Crippen LogP contribution is 2.36. The lowest BCUT2D eigenvalue weighted by molar-refractivity contribution is -0.154. The van der Waals surface area contributed by atoms with Crippen LogP contribution in [-0.2, 0) is 15.2 Å². The van der Waals surface area contributed by atoms with Crippen molar-refractivity contribution < 1.29 is 23.8 Å². The predicted molar refractivity (Wildman–Crippen MR) is 55.1 cm³/mol. The molecule has 1 atom stereocenters. The van der Waals surface area contributed by atoms with Crippen LogP contribution in [0.3, 0.4) is 0 Å². The summed E-state index contributed by atoms with van der Waals surface area (Å²) in [7, 11) is 2.44. The molecule has 0 saturated carbocycles. The minimum absolute atomic E-state index is 0.0677. The van der Waals surface area contributed by atoms with Crippen molar-refractivity contribution in [3.8, 4) is 11.5 Å². The third kappa shape index (κ3) is 2.08. The maximum atomic E-state index is 14.2. The minimum atomic E-state index is -2.36. The molecule has 1 aromatic rings. The Labute approximate surface area is 92.6 Å². The van der Waals surface area contributed by atoms with Gasteiger partial charge < -0.3 is 14.6 Å². The van der Waals surface area contributed by atoms with E-state index < -0.39 is 11.6 Å². The van der Waals surface area contributed by atoms with E-state index in [0.717, 1.165) is 20.1 Å². The topological polar surface area (TPSA) is 55.8 Å². The molecule has 1 unspecified atom stereocenters. The molecule has 0 aliphatic rings. The number of ether oxygens (including phenoxy) is 2. The molecule has 1 aromatic carbocycles. The maximum absolute atomic E-state index is 14.2. The lowest BCUT2D eigenvalue weighted by atomic mass is 9.96. The summed E-state index contributed by atoms with van der Waals surface area (Å²) in [6.45, 7) is 1.05. The first-order valence-corrected chi connectivity index (χ1v) is 4.58. The molecule has 1 rings (SSSR count). The number of carbonyl (C=O) groups excluding carboxylic acids is 1.